The van der Waals surface area contributed by atoms with E-state index in [-0.39, 0.29) is 23.6 Å². The molecule has 0 radical (unpaired) electrons. The second-order valence-electron chi connectivity index (χ2n) is 5.09. The molecule has 0 unspecified atom stereocenters. The van der Waals surface area contributed by atoms with E-state index in [4.69, 9.17) is 9.47 Å². The van der Waals surface area contributed by atoms with Gasteiger partial charge < -0.3 is 24.6 Å². The van der Waals surface area contributed by atoms with Gasteiger partial charge in [0.25, 0.3) is 11.6 Å². The van der Waals surface area contributed by atoms with Crippen LogP contribution in [0.2, 0.25) is 0 Å². The van der Waals surface area contributed by atoms with Gasteiger partial charge in [-0.3, -0.25) is 14.9 Å². The van der Waals surface area contributed by atoms with E-state index >= 15 is 0 Å². The molecule has 9 nitrogen and oxygen atoms in total. The molecular weight excluding hydrogens is 308 g/mol. The second-order valence-corrected chi connectivity index (χ2v) is 5.09. The average Bonchev–Trinajstić information content (AvgIpc) is 2.93. The quantitative estimate of drug-likeness (QED) is 0.584. The minimum atomic E-state index is -0.858. The van der Waals surface area contributed by atoms with Crippen LogP contribution >= 0.6 is 0 Å². The lowest BCUT2D eigenvalue weighted by Crippen LogP contribution is -2.42. The Balaban J connectivity index is 2.48. The zero-order chi connectivity index (χ0) is 17.1. The fourth-order valence-electron chi connectivity index (χ4n) is 2.65. The monoisotopic (exact) mass is 326 g/mol. The summed E-state index contributed by atoms with van der Waals surface area (Å²) >= 11 is 0. The van der Waals surface area contributed by atoms with Gasteiger partial charge in [-0.1, -0.05) is 0 Å². The van der Waals surface area contributed by atoms with Gasteiger partial charge in [0.05, 0.1) is 44.0 Å². The number of nitrogens with zero attached hydrogens (tertiary/aromatic N) is 2. The van der Waals surface area contributed by atoms with Crippen LogP contribution in [0.1, 0.15) is 16.8 Å². The maximum absolute atomic E-state index is 12.7. The number of rotatable bonds is 5. The molecule has 2 atom stereocenters. The van der Waals surface area contributed by atoms with Gasteiger partial charge in [0.1, 0.15) is 5.56 Å². The molecule has 126 valence electrons. The minimum Gasteiger partial charge on any atom is -0.493 e. The molecule has 1 amide bonds. The number of methoxy groups -OCH3 is 2. The Kier molecular flexibility index (Phi) is 5.02. The fourth-order valence-corrected chi connectivity index (χ4v) is 2.65. The van der Waals surface area contributed by atoms with Crippen molar-refractivity contribution in [3.63, 3.8) is 0 Å². The van der Waals surface area contributed by atoms with Crippen LogP contribution in [0.4, 0.5) is 5.69 Å². The van der Waals surface area contributed by atoms with Crippen LogP contribution in [0.25, 0.3) is 0 Å². The molecule has 9 heteroatoms. The van der Waals surface area contributed by atoms with Crippen molar-refractivity contribution in [1.29, 1.82) is 0 Å². The number of nitro benzene ring substituents is 1. The van der Waals surface area contributed by atoms with Crippen molar-refractivity contribution in [1.82, 2.24) is 4.90 Å². The first-order chi connectivity index (χ1) is 10.9. The lowest BCUT2D eigenvalue weighted by atomic mass is 10.1. The van der Waals surface area contributed by atoms with E-state index in [2.05, 4.69) is 0 Å². The van der Waals surface area contributed by atoms with Gasteiger partial charge in [-0.15, -0.1) is 0 Å². The smallest absolute Gasteiger partial charge is 0.286 e. The summed E-state index contributed by atoms with van der Waals surface area (Å²) in [7, 11) is 2.69. The fraction of sp³-hybridized carbons (Fsp3) is 0.500. The van der Waals surface area contributed by atoms with Crippen molar-refractivity contribution in [3.05, 3.63) is 27.8 Å². The lowest BCUT2D eigenvalue weighted by molar-refractivity contribution is -0.385. The third-order valence-corrected chi connectivity index (χ3v) is 3.89. The molecule has 1 heterocycles. The molecule has 2 N–H and O–H groups in total. The second kappa shape index (κ2) is 6.80. The average molecular weight is 326 g/mol. The largest absolute Gasteiger partial charge is 0.493 e. The third kappa shape index (κ3) is 3.06. The standard InChI is InChI=1S/C14H18N2O7/c1-22-12-5-8(9(16(20)21)6-13(12)23-2)14(19)15-4-3-11(18)10(15)7-17/h5-6,10-11,17-18H,3-4,7H2,1-2H3/t10-,11+/m1/s1. The zero-order valence-corrected chi connectivity index (χ0v) is 12.8. The number of hydrogen-bond acceptors (Lipinski definition) is 7. The van der Waals surface area contributed by atoms with Gasteiger partial charge in [0.2, 0.25) is 0 Å². The Morgan fingerprint density at radius 3 is 2.52 bits per heavy atom. The molecule has 0 bridgehead atoms. The van der Waals surface area contributed by atoms with Crippen molar-refractivity contribution in [2.75, 3.05) is 27.4 Å². The van der Waals surface area contributed by atoms with Gasteiger partial charge in [0, 0.05) is 12.6 Å². The highest BCUT2D eigenvalue weighted by Crippen LogP contribution is 2.36. The molecule has 1 saturated heterocycles. The van der Waals surface area contributed by atoms with Gasteiger partial charge >= 0.3 is 0 Å². The molecule has 23 heavy (non-hydrogen) atoms. The molecule has 0 saturated carbocycles. The van der Waals surface area contributed by atoms with Crippen molar-refractivity contribution >= 4 is 11.6 Å². The van der Waals surface area contributed by atoms with Gasteiger partial charge in [-0.05, 0) is 6.42 Å². The topological polar surface area (TPSA) is 122 Å². The highest BCUT2D eigenvalue weighted by Gasteiger charge is 2.38. The molecule has 1 fully saturated rings. The molecular formula is C14H18N2O7. The van der Waals surface area contributed by atoms with Crippen molar-refractivity contribution in [3.8, 4) is 11.5 Å². The van der Waals surface area contributed by atoms with Crippen LogP contribution in [0, 0.1) is 10.1 Å². The molecule has 0 aromatic heterocycles. The van der Waals surface area contributed by atoms with E-state index in [0.717, 1.165) is 6.07 Å². The Bertz CT molecular complexity index is 619. The summed E-state index contributed by atoms with van der Waals surface area (Å²) in [5.41, 5.74) is -0.606. The first-order valence-electron chi connectivity index (χ1n) is 6.94. The summed E-state index contributed by atoms with van der Waals surface area (Å²) in [5, 5.41) is 30.4. The Hall–Kier alpha value is -2.39. The number of likely N-dealkylation sites (tertiary alicyclic amines) is 1. The maximum atomic E-state index is 12.7. The molecule has 0 spiro atoms. The van der Waals surface area contributed by atoms with Gasteiger partial charge in [-0.2, -0.15) is 0 Å². The normalized spacial score (nSPS) is 20.4. The zero-order valence-electron chi connectivity index (χ0n) is 12.8. The van der Waals surface area contributed by atoms with E-state index in [1.807, 2.05) is 0 Å². The number of ether oxygens (including phenoxy) is 2. The van der Waals surface area contributed by atoms with Crippen molar-refractivity contribution in [2.45, 2.75) is 18.6 Å². The van der Waals surface area contributed by atoms with Crippen LogP contribution in [0.5, 0.6) is 11.5 Å². The van der Waals surface area contributed by atoms with E-state index < -0.39 is 35.3 Å². The number of nitro groups is 1. The summed E-state index contributed by atoms with van der Waals surface area (Å²) in [6, 6.07) is 1.57. The summed E-state index contributed by atoms with van der Waals surface area (Å²) in [5.74, 6) is -0.328. The molecule has 1 aromatic rings. The van der Waals surface area contributed by atoms with Crippen LogP contribution in [-0.4, -0.2) is 65.5 Å². The van der Waals surface area contributed by atoms with Crippen LogP contribution in [-0.2, 0) is 0 Å². The summed E-state index contributed by atoms with van der Waals surface area (Å²) < 4.78 is 10.1. The number of carbonyl (C=O) groups excluding carboxylic acids is 1. The SMILES string of the molecule is COc1cc(C(=O)N2CC[C@H](O)[C@H]2CO)c([N+](=O)[O-])cc1OC. The predicted molar refractivity (Wildman–Crippen MR) is 78.7 cm³/mol. The molecule has 1 aliphatic rings. The number of carbonyl (C=O) groups is 1. The van der Waals surface area contributed by atoms with Crippen LogP contribution in [0.15, 0.2) is 12.1 Å². The Morgan fingerprint density at radius 1 is 1.39 bits per heavy atom. The van der Waals surface area contributed by atoms with E-state index in [1.165, 1.54) is 25.2 Å². The first kappa shape index (κ1) is 17.0. The van der Waals surface area contributed by atoms with E-state index in [1.54, 1.807) is 0 Å². The highest BCUT2D eigenvalue weighted by atomic mass is 16.6. The number of aliphatic hydroxyl groups excluding tert-OH is 2. The summed E-state index contributed by atoms with van der Waals surface area (Å²) in [6.07, 6.45) is -0.555. The molecule has 2 rings (SSSR count). The molecule has 0 aliphatic carbocycles. The number of amides is 1. The lowest BCUT2D eigenvalue weighted by Gasteiger charge is -2.24. The third-order valence-electron chi connectivity index (χ3n) is 3.89. The van der Waals surface area contributed by atoms with Gasteiger partial charge in [-0.25, -0.2) is 0 Å². The van der Waals surface area contributed by atoms with Crippen molar-refractivity contribution < 1.29 is 29.4 Å². The molecule has 1 aliphatic heterocycles. The van der Waals surface area contributed by atoms with Crippen LogP contribution in [0.3, 0.4) is 0 Å². The number of benzene rings is 1. The summed E-state index contributed by atoms with van der Waals surface area (Å²) in [4.78, 5) is 24.5. The van der Waals surface area contributed by atoms with E-state index in [0.29, 0.717) is 6.42 Å². The van der Waals surface area contributed by atoms with Crippen molar-refractivity contribution in [2.24, 2.45) is 0 Å². The Labute approximate surface area is 132 Å². The number of aliphatic hydroxyl groups is 2. The maximum Gasteiger partial charge on any atom is 0.286 e. The predicted octanol–water partition coefficient (Wildman–Crippen LogP) is 0.180. The Morgan fingerprint density at radius 2 is 2.00 bits per heavy atom. The van der Waals surface area contributed by atoms with E-state index in [9.17, 15) is 25.1 Å². The van der Waals surface area contributed by atoms with Crippen LogP contribution < -0.4 is 9.47 Å². The molecule has 1 aromatic carbocycles. The first-order valence-corrected chi connectivity index (χ1v) is 6.94. The minimum absolute atomic E-state index is 0.135. The van der Waals surface area contributed by atoms with Gasteiger partial charge in [0.15, 0.2) is 11.5 Å². The highest BCUT2D eigenvalue weighted by molar-refractivity contribution is 5.99. The summed E-state index contributed by atoms with van der Waals surface area (Å²) in [6.45, 7) is -0.218. The number of hydrogen-bond donors (Lipinski definition) is 2.